The molecule has 6 heteroatoms. The van der Waals surface area contributed by atoms with Crippen molar-refractivity contribution in [3.05, 3.63) is 21.0 Å². The quantitative estimate of drug-likeness (QED) is 0.925. The molecule has 3 rings (SSSR count). The fourth-order valence-electron chi connectivity index (χ4n) is 2.90. The molecule has 1 aromatic heterocycles. The third-order valence-electron chi connectivity index (χ3n) is 3.88. The number of nitrogens with one attached hydrogen (secondary N) is 1. The van der Waals surface area contributed by atoms with Crippen molar-refractivity contribution in [1.29, 1.82) is 0 Å². The van der Waals surface area contributed by atoms with Crippen LogP contribution in [0.4, 0.5) is 5.69 Å². The van der Waals surface area contributed by atoms with Crippen molar-refractivity contribution >= 4 is 21.6 Å². The summed E-state index contributed by atoms with van der Waals surface area (Å²) in [5.41, 5.74) is 0.673. The molecule has 1 aromatic rings. The summed E-state index contributed by atoms with van der Waals surface area (Å²) in [6.07, 6.45) is 5.69. The number of hydrogen-bond donors (Lipinski definition) is 1. The molecule has 2 bridgehead atoms. The Bertz CT molecular complexity index is 543. The first kappa shape index (κ1) is 13.1. The van der Waals surface area contributed by atoms with Crippen molar-refractivity contribution in [3.8, 4) is 0 Å². The van der Waals surface area contributed by atoms with Gasteiger partial charge in [-0.2, -0.15) is 5.10 Å². The second kappa shape index (κ2) is 4.90. The van der Waals surface area contributed by atoms with Crippen LogP contribution in [0, 0.1) is 0 Å². The maximum atomic E-state index is 12.1. The Morgan fingerprint density at radius 1 is 1.53 bits per heavy atom. The van der Waals surface area contributed by atoms with Crippen LogP contribution in [0.3, 0.4) is 0 Å². The molecule has 0 saturated carbocycles. The van der Waals surface area contributed by atoms with Gasteiger partial charge in [0.2, 0.25) is 0 Å². The normalized spacial score (nSPS) is 29.2. The third kappa shape index (κ3) is 2.31. The van der Waals surface area contributed by atoms with Crippen LogP contribution >= 0.6 is 15.9 Å². The molecule has 1 N–H and O–H groups in total. The van der Waals surface area contributed by atoms with Crippen LogP contribution in [0.25, 0.3) is 0 Å². The first-order valence-corrected chi connectivity index (χ1v) is 7.55. The van der Waals surface area contributed by atoms with E-state index in [0.29, 0.717) is 16.6 Å². The lowest BCUT2D eigenvalue weighted by Crippen LogP contribution is -2.32. The van der Waals surface area contributed by atoms with Gasteiger partial charge in [-0.15, -0.1) is 0 Å². The van der Waals surface area contributed by atoms with Crippen LogP contribution in [0.15, 0.2) is 15.5 Å². The monoisotopic (exact) mass is 327 g/mol. The van der Waals surface area contributed by atoms with Crippen molar-refractivity contribution in [2.24, 2.45) is 0 Å². The van der Waals surface area contributed by atoms with Gasteiger partial charge in [-0.25, -0.2) is 4.68 Å². The Hall–Kier alpha value is -0.880. The van der Waals surface area contributed by atoms with Gasteiger partial charge in [-0.1, -0.05) is 0 Å². The minimum Gasteiger partial charge on any atom is -0.377 e. The van der Waals surface area contributed by atoms with Gasteiger partial charge < -0.3 is 10.1 Å². The van der Waals surface area contributed by atoms with E-state index in [1.54, 1.807) is 6.20 Å². The van der Waals surface area contributed by atoms with E-state index in [-0.39, 0.29) is 17.7 Å². The van der Waals surface area contributed by atoms with E-state index < -0.39 is 0 Å². The zero-order chi connectivity index (χ0) is 13.6. The Labute approximate surface area is 120 Å². The number of fused-ring (bicyclic) bond motifs is 2. The first-order chi connectivity index (χ1) is 9.06. The molecule has 0 amide bonds. The lowest BCUT2D eigenvalue weighted by molar-refractivity contribution is 0.102. The van der Waals surface area contributed by atoms with Gasteiger partial charge in [0.25, 0.3) is 5.56 Å². The van der Waals surface area contributed by atoms with Gasteiger partial charge >= 0.3 is 0 Å². The summed E-state index contributed by atoms with van der Waals surface area (Å²) in [5.74, 6) is 0. The molecule has 0 spiro atoms. The molecule has 3 unspecified atom stereocenters. The van der Waals surface area contributed by atoms with Crippen LogP contribution in [-0.2, 0) is 4.74 Å². The molecule has 3 heterocycles. The average Bonchev–Trinajstić information content (AvgIpc) is 2.97. The molecule has 0 radical (unpaired) electrons. The minimum absolute atomic E-state index is 0.0590. The van der Waals surface area contributed by atoms with E-state index in [1.165, 1.54) is 4.68 Å². The Morgan fingerprint density at radius 3 is 2.89 bits per heavy atom. The Kier molecular flexibility index (Phi) is 3.39. The van der Waals surface area contributed by atoms with E-state index in [9.17, 15) is 4.79 Å². The summed E-state index contributed by atoms with van der Waals surface area (Å²) >= 11 is 3.38. The third-order valence-corrected chi connectivity index (χ3v) is 4.65. The Balaban J connectivity index is 1.82. The fourth-order valence-corrected chi connectivity index (χ4v) is 3.30. The summed E-state index contributed by atoms with van der Waals surface area (Å²) in [5, 5.41) is 7.61. The summed E-state index contributed by atoms with van der Waals surface area (Å²) in [7, 11) is 0. The van der Waals surface area contributed by atoms with Gasteiger partial charge in [0, 0.05) is 0 Å². The lowest BCUT2D eigenvalue weighted by atomic mass is 9.95. The second-order valence-corrected chi connectivity index (χ2v) is 6.37. The molecule has 2 aliphatic rings. The summed E-state index contributed by atoms with van der Waals surface area (Å²) in [6, 6.07) is 0.356. The van der Waals surface area contributed by atoms with Crippen molar-refractivity contribution < 1.29 is 4.74 Å². The highest BCUT2D eigenvalue weighted by Gasteiger charge is 2.40. The molecule has 104 valence electrons. The van der Waals surface area contributed by atoms with E-state index in [2.05, 4.69) is 26.3 Å². The first-order valence-electron chi connectivity index (χ1n) is 6.75. The molecule has 5 nitrogen and oxygen atoms in total. The topological polar surface area (TPSA) is 56.1 Å². The standard InChI is InChI=1S/C13H18BrN3O2/c1-7(2)17-13(18)12(14)10(6-15-17)16-9-5-8-3-4-11(9)19-8/h6-9,11,16H,3-5H2,1-2H3. The molecule has 3 atom stereocenters. The summed E-state index contributed by atoms with van der Waals surface area (Å²) in [6.45, 7) is 3.88. The predicted molar refractivity (Wildman–Crippen MR) is 76.5 cm³/mol. The summed E-state index contributed by atoms with van der Waals surface area (Å²) in [4.78, 5) is 12.1. The molecule has 2 fully saturated rings. The van der Waals surface area contributed by atoms with Crippen LogP contribution in [0.5, 0.6) is 0 Å². The number of hydrogen-bond acceptors (Lipinski definition) is 4. The van der Waals surface area contributed by atoms with Crippen LogP contribution in [-0.4, -0.2) is 28.0 Å². The zero-order valence-electron chi connectivity index (χ0n) is 11.1. The average molecular weight is 328 g/mol. The molecular formula is C13H18BrN3O2. The smallest absolute Gasteiger partial charge is 0.283 e. The van der Waals surface area contributed by atoms with Gasteiger partial charge in [0.05, 0.1) is 36.2 Å². The number of nitrogens with zero attached hydrogens (tertiary/aromatic N) is 2. The van der Waals surface area contributed by atoms with Crippen LogP contribution < -0.4 is 10.9 Å². The maximum Gasteiger partial charge on any atom is 0.283 e. The number of ether oxygens (including phenoxy) is 1. The molecule has 0 aromatic carbocycles. The zero-order valence-corrected chi connectivity index (χ0v) is 12.7. The van der Waals surface area contributed by atoms with E-state index >= 15 is 0 Å². The van der Waals surface area contributed by atoms with Gasteiger partial charge in [-0.05, 0) is 49.0 Å². The fraction of sp³-hybridized carbons (Fsp3) is 0.692. The molecule has 2 aliphatic heterocycles. The molecule has 19 heavy (non-hydrogen) atoms. The van der Waals surface area contributed by atoms with Gasteiger partial charge in [-0.3, -0.25) is 4.79 Å². The highest BCUT2D eigenvalue weighted by atomic mass is 79.9. The van der Waals surface area contributed by atoms with Crippen molar-refractivity contribution in [1.82, 2.24) is 9.78 Å². The minimum atomic E-state index is -0.0934. The number of anilines is 1. The van der Waals surface area contributed by atoms with Crippen LogP contribution in [0.1, 0.15) is 39.2 Å². The molecule has 0 aliphatic carbocycles. The van der Waals surface area contributed by atoms with E-state index in [4.69, 9.17) is 4.74 Å². The Morgan fingerprint density at radius 2 is 2.32 bits per heavy atom. The maximum absolute atomic E-state index is 12.1. The van der Waals surface area contributed by atoms with Crippen molar-refractivity contribution in [2.45, 2.75) is 57.4 Å². The summed E-state index contributed by atoms with van der Waals surface area (Å²) < 4.78 is 7.84. The van der Waals surface area contributed by atoms with Crippen LogP contribution in [0.2, 0.25) is 0 Å². The van der Waals surface area contributed by atoms with Crippen molar-refractivity contribution in [2.75, 3.05) is 5.32 Å². The molecule has 2 saturated heterocycles. The molecular weight excluding hydrogens is 310 g/mol. The van der Waals surface area contributed by atoms with Gasteiger partial charge in [0.1, 0.15) is 4.47 Å². The largest absolute Gasteiger partial charge is 0.377 e. The number of rotatable bonds is 3. The highest BCUT2D eigenvalue weighted by Crippen LogP contribution is 2.36. The lowest BCUT2D eigenvalue weighted by Gasteiger charge is -2.22. The predicted octanol–water partition coefficient (Wildman–Crippen LogP) is 2.32. The van der Waals surface area contributed by atoms with E-state index in [0.717, 1.165) is 24.9 Å². The van der Waals surface area contributed by atoms with Gasteiger partial charge in [0.15, 0.2) is 0 Å². The van der Waals surface area contributed by atoms with Crippen molar-refractivity contribution in [3.63, 3.8) is 0 Å². The highest BCUT2D eigenvalue weighted by molar-refractivity contribution is 9.10. The van der Waals surface area contributed by atoms with E-state index in [1.807, 2.05) is 13.8 Å². The number of halogens is 1. The second-order valence-electron chi connectivity index (χ2n) is 5.58. The number of aromatic nitrogens is 2. The SMILES string of the molecule is CC(C)n1ncc(NC2CC3CCC2O3)c(Br)c1=O.